The number of aryl methyl sites for hydroxylation is 1. The van der Waals surface area contributed by atoms with E-state index >= 15 is 0 Å². The highest BCUT2D eigenvalue weighted by Crippen LogP contribution is 2.39. The van der Waals surface area contributed by atoms with E-state index in [0.717, 1.165) is 30.9 Å². The Hall–Kier alpha value is -3.35. The molecule has 0 amide bonds. The maximum Gasteiger partial charge on any atom is 0.203 e. The Labute approximate surface area is 183 Å². The molecule has 166 valence electrons. The fourth-order valence-electron chi connectivity index (χ4n) is 3.72. The molecule has 0 fully saturated rings. The number of aromatic amines is 1. The third-order valence-corrected chi connectivity index (χ3v) is 5.31. The molecule has 2 aromatic carbocycles. The second kappa shape index (κ2) is 10.6. The molecule has 0 spiro atoms. The average Bonchev–Trinajstić information content (AvgIpc) is 3.19. The van der Waals surface area contributed by atoms with E-state index in [9.17, 15) is 0 Å². The lowest BCUT2D eigenvalue weighted by Gasteiger charge is -2.16. The van der Waals surface area contributed by atoms with Crippen LogP contribution in [-0.2, 0) is 12.8 Å². The number of aliphatic imine (C=N–C) groups is 1. The molecule has 1 heterocycles. The standard InChI is InChI=1S/C24H32N4O3/c1-16-6-8-19-18(15-28-20(19)14-16)11-13-27-24(25-2)26-12-10-17-7-9-21(29-3)23(31-5)22(17)30-4/h6-9,14-15,28H,10-13H2,1-5H3,(H2,25,26,27). The van der Waals surface area contributed by atoms with Gasteiger partial charge in [0.15, 0.2) is 17.5 Å². The Morgan fingerprint density at radius 3 is 2.26 bits per heavy atom. The van der Waals surface area contributed by atoms with Gasteiger partial charge >= 0.3 is 0 Å². The Balaban J connectivity index is 1.53. The lowest BCUT2D eigenvalue weighted by Crippen LogP contribution is -2.39. The van der Waals surface area contributed by atoms with Gasteiger partial charge in [-0.2, -0.15) is 0 Å². The Bertz CT molecular complexity index is 1040. The number of guanidine groups is 1. The predicted molar refractivity (Wildman–Crippen MR) is 126 cm³/mol. The Kier molecular flexibility index (Phi) is 7.65. The van der Waals surface area contributed by atoms with Crippen LogP contribution in [-0.4, -0.2) is 52.4 Å². The van der Waals surface area contributed by atoms with Gasteiger partial charge in [-0.3, -0.25) is 4.99 Å². The molecular weight excluding hydrogens is 392 g/mol. The van der Waals surface area contributed by atoms with E-state index in [4.69, 9.17) is 14.2 Å². The SMILES string of the molecule is CN=C(NCCc1ccc(OC)c(OC)c1OC)NCCc1c[nH]c2cc(C)ccc12. The van der Waals surface area contributed by atoms with Gasteiger partial charge in [0.1, 0.15) is 0 Å². The molecule has 7 nitrogen and oxygen atoms in total. The van der Waals surface area contributed by atoms with Gasteiger partial charge in [0.2, 0.25) is 5.75 Å². The monoisotopic (exact) mass is 424 g/mol. The summed E-state index contributed by atoms with van der Waals surface area (Å²) in [6.45, 7) is 3.60. The summed E-state index contributed by atoms with van der Waals surface area (Å²) in [6.07, 6.45) is 3.75. The molecule has 0 aliphatic carbocycles. The molecule has 0 aliphatic heterocycles. The number of hydrogen-bond acceptors (Lipinski definition) is 4. The van der Waals surface area contributed by atoms with Gasteiger partial charge in [0.25, 0.3) is 0 Å². The summed E-state index contributed by atoms with van der Waals surface area (Å²) in [7, 11) is 6.65. The van der Waals surface area contributed by atoms with Crippen LogP contribution in [0.4, 0.5) is 0 Å². The number of rotatable bonds is 9. The molecule has 1 aromatic heterocycles. The van der Waals surface area contributed by atoms with Crippen molar-refractivity contribution in [1.82, 2.24) is 15.6 Å². The highest BCUT2D eigenvalue weighted by atomic mass is 16.5. The van der Waals surface area contributed by atoms with Gasteiger partial charge < -0.3 is 29.8 Å². The number of aromatic nitrogens is 1. The van der Waals surface area contributed by atoms with Gasteiger partial charge in [-0.15, -0.1) is 0 Å². The summed E-state index contributed by atoms with van der Waals surface area (Å²) in [5.74, 6) is 2.73. The van der Waals surface area contributed by atoms with Crippen LogP contribution in [0, 0.1) is 6.92 Å². The van der Waals surface area contributed by atoms with E-state index in [1.807, 2.05) is 12.1 Å². The molecule has 31 heavy (non-hydrogen) atoms. The van der Waals surface area contributed by atoms with Crippen molar-refractivity contribution >= 4 is 16.9 Å². The lowest BCUT2D eigenvalue weighted by atomic mass is 10.1. The first kappa shape index (κ1) is 22.3. The molecule has 0 aliphatic rings. The zero-order chi connectivity index (χ0) is 22.2. The number of ether oxygens (including phenoxy) is 3. The molecule has 3 N–H and O–H groups in total. The molecular formula is C24H32N4O3. The number of H-pyrrole nitrogens is 1. The quantitative estimate of drug-likeness (QED) is 0.362. The summed E-state index contributed by atoms with van der Waals surface area (Å²) in [6, 6.07) is 10.4. The molecule has 0 atom stereocenters. The molecule has 7 heteroatoms. The van der Waals surface area contributed by atoms with Crippen molar-refractivity contribution in [2.75, 3.05) is 41.5 Å². The van der Waals surface area contributed by atoms with Crippen molar-refractivity contribution < 1.29 is 14.2 Å². The van der Waals surface area contributed by atoms with Gasteiger partial charge in [-0.25, -0.2) is 0 Å². The number of methoxy groups -OCH3 is 3. The van der Waals surface area contributed by atoms with Gasteiger partial charge in [-0.1, -0.05) is 18.2 Å². The van der Waals surface area contributed by atoms with Crippen LogP contribution >= 0.6 is 0 Å². The summed E-state index contributed by atoms with van der Waals surface area (Å²) >= 11 is 0. The van der Waals surface area contributed by atoms with Crippen LogP contribution in [0.3, 0.4) is 0 Å². The fraction of sp³-hybridized carbons (Fsp3) is 0.375. The van der Waals surface area contributed by atoms with Crippen molar-refractivity contribution in [3.8, 4) is 17.2 Å². The molecule has 0 unspecified atom stereocenters. The smallest absolute Gasteiger partial charge is 0.203 e. The Morgan fingerprint density at radius 1 is 0.903 bits per heavy atom. The zero-order valence-corrected chi connectivity index (χ0v) is 19.0. The third kappa shape index (κ3) is 5.23. The van der Waals surface area contributed by atoms with Gasteiger partial charge in [0, 0.05) is 42.8 Å². The molecule has 3 aromatic rings. The maximum atomic E-state index is 5.56. The summed E-state index contributed by atoms with van der Waals surface area (Å²) in [5, 5.41) is 8.03. The highest BCUT2D eigenvalue weighted by molar-refractivity contribution is 5.84. The number of benzene rings is 2. The second-order valence-corrected chi connectivity index (χ2v) is 7.28. The lowest BCUT2D eigenvalue weighted by molar-refractivity contribution is 0.322. The minimum absolute atomic E-state index is 0.610. The molecule has 0 bridgehead atoms. The van der Waals surface area contributed by atoms with E-state index in [0.29, 0.717) is 23.8 Å². The van der Waals surface area contributed by atoms with Crippen LogP contribution < -0.4 is 24.8 Å². The van der Waals surface area contributed by atoms with E-state index in [1.54, 1.807) is 28.4 Å². The number of fused-ring (bicyclic) bond motifs is 1. The van der Waals surface area contributed by atoms with Crippen molar-refractivity contribution in [2.45, 2.75) is 19.8 Å². The Morgan fingerprint density at radius 2 is 1.61 bits per heavy atom. The van der Waals surface area contributed by atoms with Crippen molar-refractivity contribution in [2.24, 2.45) is 4.99 Å². The van der Waals surface area contributed by atoms with Crippen LogP contribution in [0.1, 0.15) is 16.7 Å². The first-order valence-corrected chi connectivity index (χ1v) is 10.4. The fourth-order valence-corrected chi connectivity index (χ4v) is 3.72. The highest BCUT2D eigenvalue weighted by Gasteiger charge is 2.15. The molecule has 3 rings (SSSR count). The minimum atomic E-state index is 0.610. The van der Waals surface area contributed by atoms with Gasteiger partial charge in [0.05, 0.1) is 21.3 Å². The predicted octanol–water partition coefficient (Wildman–Crippen LogP) is 3.45. The van der Waals surface area contributed by atoms with Crippen LogP contribution in [0.25, 0.3) is 10.9 Å². The van der Waals surface area contributed by atoms with E-state index in [2.05, 4.69) is 51.9 Å². The van der Waals surface area contributed by atoms with Crippen LogP contribution in [0.5, 0.6) is 17.2 Å². The topological polar surface area (TPSA) is 79.9 Å². The zero-order valence-electron chi connectivity index (χ0n) is 19.0. The number of hydrogen-bond donors (Lipinski definition) is 3. The summed E-state index contributed by atoms with van der Waals surface area (Å²) in [5.41, 5.74) is 4.78. The number of nitrogens with one attached hydrogen (secondary N) is 3. The third-order valence-electron chi connectivity index (χ3n) is 5.31. The normalized spacial score (nSPS) is 11.5. The van der Waals surface area contributed by atoms with Gasteiger partial charge in [-0.05, 0) is 43.0 Å². The van der Waals surface area contributed by atoms with Crippen LogP contribution in [0.15, 0.2) is 41.5 Å². The van der Waals surface area contributed by atoms with Crippen LogP contribution in [0.2, 0.25) is 0 Å². The molecule has 0 saturated carbocycles. The minimum Gasteiger partial charge on any atom is -0.493 e. The number of nitrogens with zero attached hydrogens (tertiary/aromatic N) is 1. The van der Waals surface area contributed by atoms with Crippen molar-refractivity contribution in [3.63, 3.8) is 0 Å². The maximum absolute atomic E-state index is 5.56. The molecule has 0 radical (unpaired) electrons. The van der Waals surface area contributed by atoms with E-state index in [-0.39, 0.29) is 0 Å². The second-order valence-electron chi connectivity index (χ2n) is 7.28. The van der Waals surface area contributed by atoms with Crippen molar-refractivity contribution in [1.29, 1.82) is 0 Å². The van der Waals surface area contributed by atoms with E-state index in [1.165, 1.54) is 22.0 Å². The largest absolute Gasteiger partial charge is 0.493 e. The van der Waals surface area contributed by atoms with E-state index < -0.39 is 0 Å². The average molecular weight is 425 g/mol. The molecule has 0 saturated heterocycles. The summed E-state index contributed by atoms with van der Waals surface area (Å²) < 4.78 is 16.4. The summed E-state index contributed by atoms with van der Waals surface area (Å²) in [4.78, 5) is 7.68. The first-order chi connectivity index (χ1) is 15.1. The first-order valence-electron chi connectivity index (χ1n) is 10.4. The van der Waals surface area contributed by atoms with Crippen molar-refractivity contribution in [3.05, 3.63) is 53.2 Å².